The van der Waals surface area contributed by atoms with Gasteiger partial charge in [0.25, 0.3) is 0 Å². The number of rotatable bonds is 7. The van der Waals surface area contributed by atoms with Crippen LogP contribution in [-0.4, -0.2) is 29.8 Å². The Morgan fingerprint density at radius 3 is 2.64 bits per heavy atom. The van der Waals surface area contributed by atoms with Crippen molar-refractivity contribution in [2.45, 2.75) is 39.2 Å². The Labute approximate surface area is 85.4 Å². The van der Waals surface area contributed by atoms with E-state index in [9.17, 15) is 4.79 Å². The molecule has 0 saturated carbocycles. The Hall–Kier alpha value is -0.610. The number of ether oxygens (including phenoxy) is 1. The van der Waals surface area contributed by atoms with E-state index >= 15 is 0 Å². The van der Waals surface area contributed by atoms with Gasteiger partial charge in [-0.2, -0.15) is 0 Å². The van der Waals surface area contributed by atoms with Crippen LogP contribution in [-0.2, 0) is 9.53 Å². The fraction of sp³-hybridized carbons (Fsp3) is 0.900. The minimum absolute atomic E-state index is 0.0659. The summed E-state index contributed by atoms with van der Waals surface area (Å²) in [6.45, 7) is 6.29. The van der Waals surface area contributed by atoms with E-state index in [1.54, 1.807) is 0 Å². The minimum Gasteiger partial charge on any atom is -0.480 e. The van der Waals surface area contributed by atoms with Gasteiger partial charge < -0.3 is 15.6 Å². The zero-order chi connectivity index (χ0) is 11.2. The summed E-state index contributed by atoms with van der Waals surface area (Å²) in [7, 11) is 0. The van der Waals surface area contributed by atoms with Crippen LogP contribution in [0, 0.1) is 5.92 Å². The Balaban J connectivity index is 3.68. The summed E-state index contributed by atoms with van der Waals surface area (Å²) in [5.41, 5.74) is 4.22. The lowest BCUT2D eigenvalue weighted by Crippen LogP contribution is -2.49. The molecule has 0 amide bonds. The van der Waals surface area contributed by atoms with Gasteiger partial charge in [0.15, 0.2) is 0 Å². The molecule has 3 N–H and O–H groups in total. The molecule has 14 heavy (non-hydrogen) atoms. The van der Waals surface area contributed by atoms with Gasteiger partial charge in [-0.25, -0.2) is 0 Å². The van der Waals surface area contributed by atoms with Gasteiger partial charge >= 0.3 is 5.97 Å². The van der Waals surface area contributed by atoms with Crippen molar-refractivity contribution in [3.05, 3.63) is 0 Å². The molecule has 2 atom stereocenters. The second-order valence-corrected chi connectivity index (χ2v) is 4.13. The average Bonchev–Trinajstić information content (AvgIpc) is 2.04. The maximum absolute atomic E-state index is 10.6. The van der Waals surface area contributed by atoms with Crippen molar-refractivity contribution in [2.24, 2.45) is 11.7 Å². The average molecular weight is 203 g/mol. The molecule has 0 aromatic carbocycles. The van der Waals surface area contributed by atoms with Crippen LogP contribution in [0.25, 0.3) is 0 Å². The highest BCUT2D eigenvalue weighted by atomic mass is 16.5. The summed E-state index contributed by atoms with van der Waals surface area (Å²) in [4.78, 5) is 10.6. The highest BCUT2D eigenvalue weighted by Gasteiger charge is 2.28. The van der Waals surface area contributed by atoms with Crippen LogP contribution in [0.15, 0.2) is 0 Å². The van der Waals surface area contributed by atoms with E-state index in [1.165, 1.54) is 6.92 Å². The zero-order valence-electron chi connectivity index (χ0n) is 9.25. The summed E-state index contributed by atoms with van der Waals surface area (Å²) < 4.78 is 5.27. The predicted octanol–water partition coefficient (Wildman–Crippen LogP) is 1.24. The molecule has 0 radical (unpaired) electrons. The van der Waals surface area contributed by atoms with Crippen LogP contribution >= 0.6 is 0 Å². The van der Waals surface area contributed by atoms with E-state index in [2.05, 4.69) is 13.8 Å². The second kappa shape index (κ2) is 5.98. The zero-order valence-corrected chi connectivity index (χ0v) is 9.25. The van der Waals surface area contributed by atoms with Crippen LogP contribution in [0.3, 0.4) is 0 Å². The maximum atomic E-state index is 10.6. The first kappa shape index (κ1) is 13.4. The fourth-order valence-corrected chi connectivity index (χ4v) is 1.11. The summed E-state index contributed by atoms with van der Waals surface area (Å²) in [5, 5.41) is 8.70. The molecule has 0 aliphatic carbocycles. The molecule has 4 nitrogen and oxygen atoms in total. The van der Waals surface area contributed by atoms with E-state index in [4.69, 9.17) is 15.6 Å². The smallest absolute Gasteiger partial charge is 0.325 e. The molecule has 0 fully saturated rings. The number of carboxylic acids is 1. The van der Waals surface area contributed by atoms with E-state index in [0.29, 0.717) is 12.5 Å². The van der Waals surface area contributed by atoms with Crippen LogP contribution in [0.2, 0.25) is 0 Å². The van der Waals surface area contributed by atoms with Crippen molar-refractivity contribution < 1.29 is 14.6 Å². The van der Waals surface area contributed by atoms with E-state index < -0.39 is 11.5 Å². The van der Waals surface area contributed by atoms with Gasteiger partial charge in [0.2, 0.25) is 0 Å². The Morgan fingerprint density at radius 2 is 2.21 bits per heavy atom. The molecule has 4 heteroatoms. The third-order valence-corrected chi connectivity index (χ3v) is 2.07. The van der Waals surface area contributed by atoms with E-state index in [1.807, 2.05) is 0 Å². The molecule has 2 unspecified atom stereocenters. The SMILES string of the molecule is CCCC(C)COCC(C)(N)C(=O)O. The van der Waals surface area contributed by atoms with Crippen molar-refractivity contribution >= 4 is 5.97 Å². The maximum Gasteiger partial charge on any atom is 0.325 e. The number of carboxylic acid groups (broad SMARTS) is 1. The first-order chi connectivity index (χ1) is 6.40. The second-order valence-electron chi connectivity index (χ2n) is 4.13. The fourth-order valence-electron chi connectivity index (χ4n) is 1.11. The van der Waals surface area contributed by atoms with Crippen LogP contribution in [0.4, 0.5) is 0 Å². The van der Waals surface area contributed by atoms with E-state index in [-0.39, 0.29) is 6.61 Å². The number of nitrogens with two attached hydrogens (primary N) is 1. The van der Waals surface area contributed by atoms with Crippen LogP contribution < -0.4 is 5.73 Å². The first-order valence-corrected chi connectivity index (χ1v) is 5.00. The molecule has 0 saturated heterocycles. The van der Waals surface area contributed by atoms with Gasteiger partial charge in [-0.05, 0) is 19.3 Å². The third-order valence-electron chi connectivity index (χ3n) is 2.07. The molecule has 0 aromatic rings. The molecule has 0 aromatic heterocycles. The largest absolute Gasteiger partial charge is 0.480 e. The van der Waals surface area contributed by atoms with Crippen LogP contribution in [0.5, 0.6) is 0 Å². The van der Waals surface area contributed by atoms with Gasteiger partial charge in [-0.1, -0.05) is 20.3 Å². The topological polar surface area (TPSA) is 72.5 Å². The Bertz CT molecular complexity index is 180. The molecule has 84 valence electrons. The standard InChI is InChI=1S/C10H21NO3/c1-4-5-8(2)6-14-7-10(3,11)9(12)13/h8H,4-7,11H2,1-3H3,(H,12,13). The van der Waals surface area contributed by atoms with Gasteiger partial charge in [-0.15, -0.1) is 0 Å². The summed E-state index contributed by atoms with van der Waals surface area (Å²) >= 11 is 0. The monoisotopic (exact) mass is 203 g/mol. The lowest BCUT2D eigenvalue weighted by molar-refractivity contribution is -0.145. The van der Waals surface area contributed by atoms with Crippen molar-refractivity contribution in [2.75, 3.05) is 13.2 Å². The first-order valence-electron chi connectivity index (χ1n) is 5.00. The molecule has 0 bridgehead atoms. The highest BCUT2D eigenvalue weighted by Crippen LogP contribution is 2.07. The number of carbonyl (C=O) groups is 1. The lowest BCUT2D eigenvalue weighted by atomic mass is 10.1. The van der Waals surface area contributed by atoms with Gasteiger partial charge in [0.05, 0.1) is 6.61 Å². The summed E-state index contributed by atoms with van der Waals surface area (Å²) in [6.07, 6.45) is 2.21. The molecule has 0 spiro atoms. The Morgan fingerprint density at radius 1 is 1.64 bits per heavy atom. The number of aliphatic carboxylic acids is 1. The van der Waals surface area contributed by atoms with Crippen molar-refractivity contribution in [1.29, 1.82) is 0 Å². The minimum atomic E-state index is -1.27. The van der Waals surface area contributed by atoms with E-state index in [0.717, 1.165) is 12.8 Å². The normalized spacial score (nSPS) is 17.4. The highest BCUT2D eigenvalue weighted by molar-refractivity contribution is 5.77. The van der Waals surface area contributed by atoms with Gasteiger partial charge in [0.1, 0.15) is 5.54 Å². The third kappa shape index (κ3) is 5.19. The Kier molecular flexibility index (Phi) is 5.72. The molecule has 0 aliphatic rings. The molecular formula is C10H21NO3. The predicted molar refractivity (Wildman–Crippen MR) is 55.1 cm³/mol. The van der Waals surface area contributed by atoms with Crippen LogP contribution in [0.1, 0.15) is 33.6 Å². The van der Waals surface area contributed by atoms with Crippen molar-refractivity contribution in [1.82, 2.24) is 0 Å². The molecule has 0 aliphatic heterocycles. The molecular weight excluding hydrogens is 182 g/mol. The summed E-state index contributed by atoms with van der Waals surface area (Å²) in [5.74, 6) is -0.565. The molecule has 0 rings (SSSR count). The number of hydrogen-bond acceptors (Lipinski definition) is 3. The van der Waals surface area contributed by atoms with Gasteiger partial charge in [0, 0.05) is 6.61 Å². The van der Waals surface area contributed by atoms with Crippen molar-refractivity contribution in [3.63, 3.8) is 0 Å². The molecule has 0 heterocycles. The summed E-state index contributed by atoms with van der Waals surface area (Å²) in [6, 6.07) is 0. The number of hydrogen-bond donors (Lipinski definition) is 2. The lowest BCUT2D eigenvalue weighted by Gasteiger charge is -2.20. The van der Waals surface area contributed by atoms with Gasteiger partial charge in [-0.3, -0.25) is 4.79 Å². The quantitative estimate of drug-likeness (QED) is 0.653. The van der Waals surface area contributed by atoms with Crippen molar-refractivity contribution in [3.8, 4) is 0 Å².